The summed E-state index contributed by atoms with van der Waals surface area (Å²) < 4.78 is 0. The Hall–Kier alpha value is -0.890. The second-order valence-corrected chi connectivity index (χ2v) is 5.27. The van der Waals surface area contributed by atoms with E-state index in [1.807, 2.05) is 12.4 Å². The third-order valence-corrected chi connectivity index (χ3v) is 3.31. The Labute approximate surface area is 98.7 Å². The van der Waals surface area contributed by atoms with Gasteiger partial charge in [0.15, 0.2) is 0 Å². The van der Waals surface area contributed by atoms with Crippen LogP contribution in [-0.4, -0.2) is 29.5 Å². The van der Waals surface area contributed by atoms with E-state index >= 15 is 0 Å². The summed E-state index contributed by atoms with van der Waals surface area (Å²) in [7, 11) is 0. The van der Waals surface area contributed by atoms with Gasteiger partial charge in [-0.1, -0.05) is 13.8 Å². The molecule has 16 heavy (non-hydrogen) atoms. The molecule has 0 radical (unpaired) electrons. The van der Waals surface area contributed by atoms with Crippen molar-refractivity contribution in [1.82, 2.24) is 9.88 Å². The number of likely N-dealkylation sites (tertiary alicyclic amines) is 1. The predicted molar refractivity (Wildman–Crippen MR) is 67.5 cm³/mol. The summed E-state index contributed by atoms with van der Waals surface area (Å²) in [6, 6.07) is 4.34. The van der Waals surface area contributed by atoms with Crippen molar-refractivity contribution < 1.29 is 0 Å². The highest BCUT2D eigenvalue weighted by Gasteiger charge is 2.21. The molecule has 0 spiro atoms. The number of pyridine rings is 1. The normalized spacial score (nSPS) is 22.6. The van der Waals surface area contributed by atoms with E-state index in [-0.39, 0.29) is 0 Å². The minimum absolute atomic E-state index is 0.718. The highest BCUT2D eigenvalue weighted by molar-refractivity contribution is 5.16. The number of piperidine rings is 1. The molecule has 0 bridgehead atoms. The highest BCUT2D eigenvalue weighted by Crippen LogP contribution is 2.26. The predicted octanol–water partition coefficient (Wildman–Crippen LogP) is 2.92. The number of aromatic nitrogens is 1. The summed E-state index contributed by atoms with van der Waals surface area (Å²) >= 11 is 0. The van der Waals surface area contributed by atoms with Crippen molar-refractivity contribution in [3.05, 3.63) is 30.1 Å². The Morgan fingerprint density at radius 2 is 2.12 bits per heavy atom. The summed E-state index contributed by atoms with van der Waals surface area (Å²) in [6.07, 6.45) is 6.49. The van der Waals surface area contributed by atoms with E-state index in [1.54, 1.807) is 0 Å². The van der Waals surface area contributed by atoms with Gasteiger partial charge >= 0.3 is 0 Å². The van der Waals surface area contributed by atoms with Crippen LogP contribution < -0.4 is 0 Å². The van der Waals surface area contributed by atoms with Crippen molar-refractivity contribution >= 4 is 0 Å². The number of hydrogen-bond donors (Lipinski definition) is 0. The van der Waals surface area contributed by atoms with Crippen LogP contribution in [-0.2, 0) is 0 Å². The molecule has 2 heterocycles. The number of nitrogens with zero attached hydrogens (tertiary/aromatic N) is 2. The number of hydrogen-bond acceptors (Lipinski definition) is 2. The molecule has 0 amide bonds. The van der Waals surface area contributed by atoms with Gasteiger partial charge in [0.25, 0.3) is 0 Å². The van der Waals surface area contributed by atoms with E-state index in [0.29, 0.717) is 0 Å². The summed E-state index contributed by atoms with van der Waals surface area (Å²) in [5.74, 6) is 1.49. The van der Waals surface area contributed by atoms with Gasteiger partial charge in [0.05, 0.1) is 0 Å². The van der Waals surface area contributed by atoms with Gasteiger partial charge in [0.1, 0.15) is 0 Å². The molecule has 0 aromatic carbocycles. The quantitative estimate of drug-likeness (QED) is 0.775. The van der Waals surface area contributed by atoms with Crippen LogP contribution in [0.3, 0.4) is 0 Å². The van der Waals surface area contributed by atoms with Gasteiger partial charge in [-0.2, -0.15) is 0 Å². The molecule has 1 atom stereocenters. The van der Waals surface area contributed by atoms with E-state index in [1.165, 1.54) is 38.0 Å². The van der Waals surface area contributed by atoms with E-state index in [9.17, 15) is 0 Å². The zero-order valence-corrected chi connectivity index (χ0v) is 10.4. The maximum absolute atomic E-state index is 4.09. The summed E-state index contributed by atoms with van der Waals surface area (Å²) in [5, 5.41) is 0. The lowest BCUT2D eigenvalue weighted by Crippen LogP contribution is -2.36. The van der Waals surface area contributed by atoms with Crippen LogP contribution in [0.25, 0.3) is 0 Å². The average molecular weight is 218 g/mol. The molecule has 2 rings (SSSR count). The first kappa shape index (κ1) is 11.6. The Balaban J connectivity index is 1.97. The van der Waals surface area contributed by atoms with Gasteiger partial charge in [-0.15, -0.1) is 0 Å². The molecule has 1 aromatic heterocycles. The van der Waals surface area contributed by atoms with Crippen molar-refractivity contribution in [2.45, 2.75) is 32.6 Å². The van der Waals surface area contributed by atoms with Crippen molar-refractivity contribution in [3.63, 3.8) is 0 Å². The van der Waals surface area contributed by atoms with Gasteiger partial charge in [0, 0.05) is 25.5 Å². The molecule has 1 aromatic rings. The van der Waals surface area contributed by atoms with Crippen LogP contribution in [0.1, 0.15) is 38.2 Å². The fraction of sp³-hybridized carbons (Fsp3) is 0.643. The first-order valence-electron chi connectivity index (χ1n) is 6.38. The minimum Gasteiger partial charge on any atom is -0.302 e. The van der Waals surface area contributed by atoms with Crippen LogP contribution in [0.5, 0.6) is 0 Å². The van der Waals surface area contributed by atoms with Crippen LogP contribution in [0.15, 0.2) is 24.5 Å². The van der Waals surface area contributed by atoms with Gasteiger partial charge in [0.2, 0.25) is 0 Å². The third-order valence-electron chi connectivity index (χ3n) is 3.31. The smallest absolute Gasteiger partial charge is 0.0270 e. The molecule has 2 nitrogen and oxygen atoms in total. The van der Waals surface area contributed by atoms with Crippen molar-refractivity contribution in [2.24, 2.45) is 5.92 Å². The van der Waals surface area contributed by atoms with Crippen LogP contribution in [0.2, 0.25) is 0 Å². The molecule has 1 fully saturated rings. The second-order valence-electron chi connectivity index (χ2n) is 5.27. The zero-order valence-electron chi connectivity index (χ0n) is 10.4. The Morgan fingerprint density at radius 3 is 2.81 bits per heavy atom. The minimum atomic E-state index is 0.718. The van der Waals surface area contributed by atoms with E-state index in [0.717, 1.165) is 11.8 Å². The first-order chi connectivity index (χ1) is 7.75. The lowest BCUT2D eigenvalue weighted by atomic mass is 9.91. The first-order valence-corrected chi connectivity index (χ1v) is 6.38. The van der Waals surface area contributed by atoms with Crippen LogP contribution in [0, 0.1) is 5.92 Å². The highest BCUT2D eigenvalue weighted by atomic mass is 15.1. The molecular weight excluding hydrogens is 196 g/mol. The van der Waals surface area contributed by atoms with Crippen LogP contribution >= 0.6 is 0 Å². The fourth-order valence-corrected chi connectivity index (χ4v) is 2.65. The van der Waals surface area contributed by atoms with Gasteiger partial charge in [-0.3, -0.25) is 4.98 Å². The van der Waals surface area contributed by atoms with Gasteiger partial charge in [-0.25, -0.2) is 0 Å². The molecule has 1 saturated heterocycles. The third kappa shape index (κ3) is 3.05. The standard InChI is InChI=1S/C14H22N2/c1-12(2)10-16-9-3-4-14(11-16)13-5-7-15-8-6-13/h5-8,12,14H,3-4,9-11H2,1-2H3. The molecule has 0 saturated carbocycles. The summed E-state index contributed by atoms with van der Waals surface area (Å²) in [6.45, 7) is 8.34. The van der Waals surface area contributed by atoms with E-state index < -0.39 is 0 Å². The molecule has 0 aliphatic carbocycles. The molecule has 88 valence electrons. The second kappa shape index (κ2) is 5.44. The Bertz CT molecular complexity index is 308. The molecule has 2 heteroatoms. The molecule has 1 unspecified atom stereocenters. The Morgan fingerprint density at radius 1 is 1.38 bits per heavy atom. The lowest BCUT2D eigenvalue weighted by molar-refractivity contribution is 0.188. The van der Waals surface area contributed by atoms with Crippen molar-refractivity contribution in [1.29, 1.82) is 0 Å². The Kier molecular flexibility index (Phi) is 3.94. The van der Waals surface area contributed by atoms with Gasteiger partial charge in [-0.05, 0) is 48.9 Å². The van der Waals surface area contributed by atoms with Crippen molar-refractivity contribution in [3.8, 4) is 0 Å². The summed E-state index contributed by atoms with van der Waals surface area (Å²) in [5.41, 5.74) is 1.46. The summed E-state index contributed by atoms with van der Waals surface area (Å²) in [4.78, 5) is 6.70. The maximum Gasteiger partial charge on any atom is 0.0270 e. The number of rotatable bonds is 3. The maximum atomic E-state index is 4.09. The average Bonchev–Trinajstić information content (AvgIpc) is 2.30. The van der Waals surface area contributed by atoms with Crippen LogP contribution in [0.4, 0.5) is 0 Å². The lowest BCUT2D eigenvalue weighted by Gasteiger charge is -2.33. The molecule has 1 aliphatic rings. The van der Waals surface area contributed by atoms with Crippen molar-refractivity contribution in [2.75, 3.05) is 19.6 Å². The monoisotopic (exact) mass is 218 g/mol. The topological polar surface area (TPSA) is 16.1 Å². The SMILES string of the molecule is CC(C)CN1CCCC(c2ccncc2)C1. The fourth-order valence-electron chi connectivity index (χ4n) is 2.65. The largest absolute Gasteiger partial charge is 0.302 e. The van der Waals surface area contributed by atoms with E-state index in [4.69, 9.17) is 0 Å². The van der Waals surface area contributed by atoms with E-state index in [2.05, 4.69) is 35.9 Å². The molecule has 0 N–H and O–H groups in total. The molecular formula is C14H22N2. The molecule has 1 aliphatic heterocycles. The zero-order chi connectivity index (χ0) is 11.4. The van der Waals surface area contributed by atoms with Gasteiger partial charge < -0.3 is 4.90 Å².